The van der Waals surface area contributed by atoms with Crippen LogP contribution in [0.2, 0.25) is 0 Å². The summed E-state index contributed by atoms with van der Waals surface area (Å²) in [6, 6.07) is -1.50. The van der Waals surface area contributed by atoms with Crippen LogP contribution in [-0.2, 0) is 14.4 Å². The lowest BCUT2D eigenvalue weighted by atomic mass is 10.0. The van der Waals surface area contributed by atoms with E-state index in [9.17, 15) is 14.4 Å². The first-order valence-electron chi connectivity index (χ1n) is 6.16. The Morgan fingerprint density at radius 3 is 2.00 bits per heavy atom. The molecule has 19 heavy (non-hydrogen) atoms. The van der Waals surface area contributed by atoms with Crippen molar-refractivity contribution in [2.75, 3.05) is 0 Å². The second-order valence-corrected chi connectivity index (χ2v) is 5.05. The molecule has 0 radical (unpaired) electrons. The quantitative estimate of drug-likeness (QED) is 0.570. The van der Waals surface area contributed by atoms with E-state index in [4.69, 9.17) is 5.73 Å². The van der Waals surface area contributed by atoms with Crippen LogP contribution in [0.1, 0.15) is 34.1 Å². The van der Waals surface area contributed by atoms with Gasteiger partial charge in [0, 0.05) is 6.92 Å². The van der Waals surface area contributed by atoms with E-state index in [1.807, 2.05) is 0 Å². The summed E-state index contributed by atoms with van der Waals surface area (Å²) < 4.78 is 0. The molecule has 0 saturated heterocycles. The Morgan fingerprint density at radius 2 is 1.68 bits per heavy atom. The number of carbonyl (C=O) groups is 3. The maximum atomic E-state index is 12.1. The molecular formula is C13H23N3O3. The Balaban J connectivity index is 4.80. The van der Waals surface area contributed by atoms with Gasteiger partial charge in [0.2, 0.25) is 17.7 Å². The Labute approximate surface area is 113 Å². The normalized spacial score (nSPS) is 13.5. The molecule has 0 spiro atoms. The minimum Gasteiger partial charge on any atom is -0.368 e. The van der Waals surface area contributed by atoms with Crippen molar-refractivity contribution in [1.29, 1.82) is 0 Å². The van der Waals surface area contributed by atoms with Crippen LogP contribution in [0.15, 0.2) is 12.2 Å². The van der Waals surface area contributed by atoms with Crippen LogP contribution in [0.25, 0.3) is 0 Å². The van der Waals surface area contributed by atoms with Crippen molar-refractivity contribution in [3.63, 3.8) is 0 Å². The molecule has 0 aliphatic rings. The summed E-state index contributed by atoms with van der Waals surface area (Å²) in [4.78, 5) is 34.4. The lowest BCUT2D eigenvalue weighted by Crippen LogP contribution is -2.54. The minimum absolute atomic E-state index is 0.0951. The van der Waals surface area contributed by atoms with Crippen LogP contribution in [0, 0.1) is 5.92 Å². The Kier molecular flexibility index (Phi) is 6.82. The molecule has 0 heterocycles. The van der Waals surface area contributed by atoms with Crippen LogP contribution in [-0.4, -0.2) is 29.8 Å². The number of nitrogens with two attached hydrogens (primary N) is 1. The lowest BCUT2D eigenvalue weighted by molar-refractivity contribution is -0.131. The van der Waals surface area contributed by atoms with Crippen molar-refractivity contribution < 1.29 is 14.4 Å². The number of carbonyl (C=O) groups excluding carboxylic acids is 3. The van der Waals surface area contributed by atoms with Crippen LogP contribution >= 0.6 is 0 Å². The summed E-state index contributed by atoms with van der Waals surface area (Å²) in [6.07, 6.45) is 0.284. The molecule has 0 aromatic heterocycles. The van der Waals surface area contributed by atoms with E-state index < -0.39 is 23.9 Å². The first kappa shape index (κ1) is 17.2. The van der Waals surface area contributed by atoms with Gasteiger partial charge in [0.1, 0.15) is 12.1 Å². The van der Waals surface area contributed by atoms with E-state index in [1.165, 1.54) is 6.92 Å². The fraction of sp³-hybridized carbons (Fsp3) is 0.615. The maximum absolute atomic E-state index is 12.1. The van der Waals surface area contributed by atoms with Crippen LogP contribution in [0.3, 0.4) is 0 Å². The molecule has 0 bridgehead atoms. The van der Waals surface area contributed by atoms with E-state index in [2.05, 4.69) is 17.2 Å². The van der Waals surface area contributed by atoms with Gasteiger partial charge < -0.3 is 16.4 Å². The molecule has 0 aromatic rings. The molecule has 2 atom stereocenters. The SMILES string of the molecule is C=C(C)C[C@H](NC(=O)[C@H](NC(C)=O)C(C)C)C(N)=O. The van der Waals surface area contributed by atoms with Crippen LogP contribution in [0.5, 0.6) is 0 Å². The molecular weight excluding hydrogens is 246 g/mol. The van der Waals surface area contributed by atoms with Crippen molar-refractivity contribution in [3.05, 3.63) is 12.2 Å². The number of hydrogen-bond donors (Lipinski definition) is 3. The van der Waals surface area contributed by atoms with E-state index >= 15 is 0 Å². The summed E-state index contributed by atoms with van der Waals surface area (Å²) in [7, 11) is 0. The molecule has 6 nitrogen and oxygen atoms in total. The number of amides is 3. The molecule has 0 fully saturated rings. The van der Waals surface area contributed by atoms with Gasteiger partial charge in [-0.1, -0.05) is 19.4 Å². The van der Waals surface area contributed by atoms with Crippen molar-refractivity contribution >= 4 is 17.7 Å². The summed E-state index contributed by atoms with van der Waals surface area (Å²) in [5.41, 5.74) is 5.97. The topological polar surface area (TPSA) is 101 Å². The van der Waals surface area contributed by atoms with Gasteiger partial charge in [-0.25, -0.2) is 0 Å². The standard InChI is InChI=1S/C13H23N3O3/c1-7(2)6-10(12(14)18)16-13(19)11(8(3)4)15-9(5)17/h8,10-11H,1,6H2,2-5H3,(H2,14,18)(H,15,17)(H,16,19)/t10-,11+/m0/s1. The summed E-state index contributed by atoms with van der Waals surface area (Å²) >= 11 is 0. The van der Waals surface area contributed by atoms with Gasteiger partial charge in [-0.2, -0.15) is 0 Å². The molecule has 0 rings (SSSR count). The molecule has 0 aromatic carbocycles. The van der Waals surface area contributed by atoms with E-state index in [-0.39, 0.29) is 18.2 Å². The van der Waals surface area contributed by atoms with Gasteiger partial charge >= 0.3 is 0 Å². The molecule has 3 amide bonds. The molecule has 6 heteroatoms. The number of primary amides is 1. The zero-order chi connectivity index (χ0) is 15.2. The first-order valence-corrected chi connectivity index (χ1v) is 6.16. The highest BCUT2D eigenvalue weighted by atomic mass is 16.2. The monoisotopic (exact) mass is 269 g/mol. The Bertz CT molecular complexity index is 377. The summed E-state index contributed by atoms with van der Waals surface area (Å²) in [6.45, 7) is 10.4. The van der Waals surface area contributed by atoms with Crippen molar-refractivity contribution in [1.82, 2.24) is 10.6 Å². The fourth-order valence-corrected chi connectivity index (χ4v) is 1.59. The third kappa shape index (κ3) is 6.59. The summed E-state index contributed by atoms with van der Waals surface area (Å²) in [5, 5.41) is 5.10. The smallest absolute Gasteiger partial charge is 0.243 e. The third-order valence-corrected chi connectivity index (χ3v) is 2.52. The molecule has 0 aliphatic heterocycles. The van der Waals surface area contributed by atoms with Gasteiger partial charge in [-0.15, -0.1) is 6.58 Å². The largest absolute Gasteiger partial charge is 0.368 e. The van der Waals surface area contributed by atoms with Gasteiger partial charge in [-0.3, -0.25) is 14.4 Å². The second kappa shape index (κ2) is 7.56. The molecule has 0 aliphatic carbocycles. The number of rotatable bonds is 7. The van der Waals surface area contributed by atoms with E-state index in [0.29, 0.717) is 0 Å². The van der Waals surface area contributed by atoms with Crippen molar-refractivity contribution in [2.24, 2.45) is 11.7 Å². The second-order valence-electron chi connectivity index (χ2n) is 5.05. The van der Waals surface area contributed by atoms with Crippen LogP contribution in [0.4, 0.5) is 0 Å². The predicted molar refractivity (Wildman–Crippen MR) is 73.0 cm³/mol. The zero-order valence-corrected chi connectivity index (χ0v) is 11.9. The van der Waals surface area contributed by atoms with Gasteiger partial charge in [0.15, 0.2) is 0 Å². The molecule has 4 N–H and O–H groups in total. The highest BCUT2D eigenvalue weighted by Gasteiger charge is 2.26. The van der Waals surface area contributed by atoms with Crippen LogP contribution < -0.4 is 16.4 Å². The predicted octanol–water partition coefficient (Wildman–Crippen LogP) is 0.0834. The number of hydrogen-bond acceptors (Lipinski definition) is 3. The molecule has 108 valence electrons. The average Bonchev–Trinajstić information content (AvgIpc) is 2.23. The van der Waals surface area contributed by atoms with Crippen molar-refractivity contribution in [2.45, 2.75) is 46.2 Å². The van der Waals surface area contributed by atoms with E-state index in [1.54, 1.807) is 20.8 Å². The first-order chi connectivity index (χ1) is 8.65. The Hall–Kier alpha value is -1.85. The van der Waals surface area contributed by atoms with Crippen molar-refractivity contribution in [3.8, 4) is 0 Å². The minimum atomic E-state index is -0.806. The number of nitrogens with one attached hydrogen (secondary N) is 2. The van der Waals surface area contributed by atoms with E-state index in [0.717, 1.165) is 5.57 Å². The maximum Gasteiger partial charge on any atom is 0.243 e. The van der Waals surface area contributed by atoms with Gasteiger partial charge in [-0.05, 0) is 19.3 Å². The summed E-state index contributed by atoms with van der Waals surface area (Å²) in [5.74, 6) is -1.44. The fourth-order valence-electron chi connectivity index (χ4n) is 1.59. The zero-order valence-electron chi connectivity index (χ0n) is 11.9. The highest BCUT2D eigenvalue weighted by Crippen LogP contribution is 2.06. The molecule has 0 saturated carbocycles. The van der Waals surface area contributed by atoms with Gasteiger partial charge in [0.25, 0.3) is 0 Å². The lowest BCUT2D eigenvalue weighted by Gasteiger charge is -2.24. The third-order valence-electron chi connectivity index (χ3n) is 2.52. The highest BCUT2D eigenvalue weighted by molar-refractivity contribution is 5.91. The molecule has 0 unspecified atom stereocenters. The van der Waals surface area contributed by atoms with Gasteiger partial charge in [0.05, 0.1) is 0 Å². The Morgan fingerprint density at radius 1 is 1.16 bits per heavy atom. The average molecular weight is 269 g/mol.